The first-order valence-electron chi connectivity index (χ1n) is 7.86. The molecule has 0 radical (unpaired) electrons. The maximum Gasteiger partial charge on any atom is 0.118 e. The lowest BCUT2D eigenvalue weighted by Gasteiger charge is -2.12. The normalized spacial score (nSPS) is 14.0. The summed E-state index contributed by atoms with van der Waals surface area (Å²) in [5.41, 5.74) is 4.15. The lowest BCUT2D eigenvalue weighted by Crippen LogP contribution is -2.32. The molecule has 0 saturated heterocycles. The summed E-state index contributed by atoms with van der Waals surface area (Å²) in [4.78, 5) is 0. The molecule has 3 nitrogen and oxygen atoms in total. The molecule has 1 N–H and O–H groups in total. The molecule has 1 aliphatic carbocycles. The van der Waals surface area contributed by atoms with Gasteiger partial charge in [0.15, 0.2) is 0 Å². The first kappa shape index (κ1) is 15.1. The minimum absolute atomic E-state index is 0.557. The van der Waals surface area contributed by atoms with Crippen molar-refractivity contribution < 1.29 is 9.47 Å². The Bertz CT molecular complexity index is 570. The van der Waals surface area contributed by atoms with E-state index in [-0.39, 0.29) is 0 Å². The molecule has 0 heterocycles. The van der Waals surface area contributed by atoms with Gasteiger partial charge in [-0.25, -0.2) is 0 Å². The Morgan fingerprint density at radius 2 is 1.68 bits per heavy atom. The molecule has 116 valence electrons. The maximum absolute atomic E-state index is 5.73. The van der Waals surface area contributed by atoms with Gasteiger partial charge in [-0.2, -0.15) is 0 Å². The van der Waals surface area contributed by atoms with Gasteiger partial charge in [0, 0.05) is 12.6 Å². The minimum Gasteiger partial charge on any atom is -0.497 e. The number of hydrogen-bond acceptors (Lipinski definition) is 3. The largest absolute Gasteiger partial charge is 0.497 e. The third kappa shape index (κ3) is 3.87. The molecule has 0 atom stereocenters. The summed E-state index contributed by atoms with van der Waals surface area (Å²) >= 11 is 0. The van der Waals surface area contributed by atoms with Gasteiger partial charge in [-0.15, -0.1) is 0 Å². The lowest BCUT2D eigenvalue weighted by atomic mass is 10.1. The summed E-state index contributed by atoms with van der Waals surface area (Å²) < 4.78 is 10.9. The monoisotopic (exact) mass is 297 g/mol. The van der Waals surface area contributed by atoms with Gasteiger partial charge in [0.1, 0.15) is 5.75 Å². The van der Waals surface area contributed by atoms with Gasteiger partial charge in [-0.05, 0) is 41.7 Å². The Morgan fingerprint density at radius 1 is 1.00 bits per heavy atom. The van der Waals surface area contributed by atoms with Gasteiger partial charge in [0.25, 0.3) is 0 Å². The average Bonchev–Trinajstić information content (AvgIpc) is 2.98. The lowest BCUT2D eigenvalue weighted by molar-refractivity contribution is 0.121. The van der Waals surface area contributed by atoms with Crippen molar-refractivity contribution in [1.82, 2.24) is 5.32 Å². The maximum atomic E-state index is 5.73. The Labute approximate surface area is 132 Å². The molecular formula is C19H23NO2. The van der Waals surface area contributed by atoms with E-state index in [0.717, 1.165) is 31.7 Å². The van der Waals surface area contributed by atoms with Crippen LogP contribution in [0.5, 0.6) is 5.75 Å². The van der Waals surface area contributed by atoms with Crippen LogP contribution in [0.15, 0.2) is 48.5 Å². The zero-order valence-corrected chi connectivity index (χ0v) is 13.0. The fourth-order valence-corrected chi connectivity index (χ4v) is 2.95. The van der Waals surface area contributed by atoms with Crippen LogP contribution in [0.1, 0.15) is 16.7 Å². The van der Waals surface area contributed by atoms with Gasteiger partial charge in [-0.3, -0.25) is 0 Å². The number of rotatable bonds is 7. The van der Waals surface area contributed by atoms with Crippen LogP contribution in [-0.2, 0) is 24.2 Å². The van der Waals surface area contributed by atoms with Gasteiger partial charge in [0.05, 0.1) is 20.3 Å². The van der Waals surface area contributed by atoms with Crippen molar-refractivity contribution >= 4 is 0 Å². The van der Waals surface area contributed by atoms with E-state index in [4.69, 9.17) is 9.47 Å². The number of methoxy groups -OCH3 is 1. The zero-order valence-electron chi connectivity index (χ0n) is 13.0. The first-order valence-corrected chi connectivity index (χ1v) is 7.86. The number of fused-ring (bicyclic) bond motifs is 1. The Kier molecular flexibility index (Phi) is 5.09. The highest BCUT2D eigenvalue weighted by Gasteiger charge is 2.19. The first-order chi connectivity index (χ1) is 10.8. The molecule has 1 aliphatic rings. The van der Waals surface area contributed by atoms with Crippen molar-refractivity contribution in [3.05, 3.63) is 65.2 Å². The second kappa shape index (κ2) is 7.43. The standard InChI is InChI=1S/C19H23NO2/c1-21-19-8-6-15(7-9-19)14-22-11-10-20-18-12-16-4-2-3-5-17(16)13-18/h2-9,18,20H,10-14H2,1H3. The molecule has 0 amide bonds. The van der Waals surface area contributed by atoms with Crippen molar-refractivity contribution in [3.8, 4) is 5.75 Å². The highest BCUT2D eigenvalue weighted by molar-refractivity contribution is 5.33. The van der Waals surface area contributed by atoms with Crippen LogP contribution in [-0.4, -0.2) is 26.3 Å². The van der Waals surface area contributed by atoms with Gasteiger partial charge < -0.3 is 14.8 Å². The summed E-state index contributed by atoms with van der Waals surface area (Å²) in [5, 5.41) is 3.59. The Balaban J connectivity index is 1.33. The van der Waals surface area contributed by atoms with Crippen molar-refractivity contribution in [3.63, 3.8) is 0 Å². The van der Waals surface area contributed by atoms with Crippen LogP contribution in [0.4, 0.5) is 0 Å². The SMILES string of the molecule is COc1ccc(COCCNC2Cc3ccccc3C2)cc1. The fourth-order valence-electron chi connectivity index (χ4n) is 2.95. The third-order valence-electron chi connectivity index (χ3n) is 4.16. The van der Waals surface area contributed by atoms with Crippen LogP contribution in [0.2, 0.25) is 0 Å². The molecule has 0 bridgehead atoms. The summed E-state index contributed by atoms with van der Waals surface area (Å²) in [7, 11) is 1.68. The molecule has 0 fully saturated rings. The molecule has 0 unspecified atom stereocenters. The molecule has 3 heteroatoms. The topological polar surface area (TPSA) is 30.5 Å². The predicted molar refractivity (Wildman–Crippen MR) is 88.3 cm³/mol. The van der Waals surface area contributed by atoms with Gasteiger partial charge in [0.2, 0.25) is 0 Å². The van der Waals surface area contributed by atoms with E-state index in [0.29, 0.717) is 12.6 Å². The number of ether oxygens (including phenoxy) is 2. The summed E-state index contributed by atoms with van der Waals surface area (Å²) in [5.74, 6) is 0.881. The summed E-state index contributed by atoms with van der Waals surface area (Å²) in [6, 6.07) is 17.3. The van der Waals surface area contributed by atoms with Gasteiger partial charge >= 0.3 is 0 Å². The van der Waals surface area contributed by atoms with Crippen LogP contribution < -0.4 is 10.1 Å². The number of benzene rings is 2. The Morgan fingerprint density at radius 3 is 2.32 bits per heavy atom. The highest BCUT2D eigenvalue weighted by atomic mass is 16.5. The highest BCUT2D eigenvalue weighted by Crippen LogP contribution is 2.21. The molecule has 0 aromatic heterocycles. The Hall–Kier alpha value is -1.84. The van der Waals surface area contributed by atoms with Crippen molar-refractivity contribution in [2.24, 2.45) is 0 Å². The van der Waals surface area contributed by atoms with Crippen molar-refractivity contribution in [2.75, 3.05) is 20.3 Å². The predicted octanol–water partition coefficient (Wildman–Crippen LogP) is 2.97. The number of hydrogen-bond donors (Lipinski definition) is 1. The summed E-state index contributed by atoms with van der Waals surface area (Å²) in [6.45, 7) is 2.28. The molecule has 0 aliphatic heterocycles. The van der Waals surface area contributed by atoms with Gasteiger partial charge in [-0.1, -0.05) is 36.4 Å². The number of nitrogens with one attached hydrogen (secondary N) is 1. The van der Waals surface area contributed by atoms with E-state index in [1.54, 1.807) is 7.11 Å². The van der Waals surface area contributed by atoms with E-state index in [1.165, 1.54) is 16.7 Å². The summed E-state index contributed by atoms with van der Waals surface area (Å²) in [6.07, 6.45) is 2.27. The molecule has 2 aromatic rings. The van der Waals surface area contributed by atoms with Crippen LogP contribution in [0, 0.1) is 0 Å². The second-order valence-corrected chi connectivity index (χ2v) is 5.73. The molecule has 22 heavy (non-hydrogen) atoms. The fraction of sp³-hybridized carbons (Fsp3) is 0.368. The molecule has 3 rings (SSSR count). The second-order valence-electron chi connectivity index (χ2n) is 5.73. The smallest absolute Gasteiger partial charge is 0.118 e. The van der Waals surface area contributed by atoms with E-state index in [9.17, 15) is 0 Å². The van der Waals surface area contributed by atoms with E-state index >= 15 is 0 Å². The zero-order chi connectivity index (χ0) is 15.2. The van der Waals surface area contributed by atoms with Crippen LogP contribution in [0.3, 0.4) is 0 Å². The van der Waals surface area contributed by atoms with Crippen LogP contribution >= 0.6 is 0 Å². The van der Waals surface area contributed by atoms with Crippen molar-refractivity contribution in [1.29, 1.82) is 0 Å². The molecule has 0 saturated carbocycles. The van der Waals surface area contributed by atoms with E-state index in [1.807, 2.05) is 24.3 Å². The molecule has 2 aromatic carbocycles. The van der Waals surface area contributed by atoms with E-state index < -0.39 is 0 Å². The van der Waals surface area contributed by atoms with Crippen molar-refractivity contribution in [2.45, 2.75) is 25.5 Å². The van der Waals surface area contributed by atoms with E-state index in [2.05, 4.69) is 29.6 Å². The minimum atomic E-state index is 0.557. The average molecular weight is 297 g/mol. The molecule has 0 spiro atoms. The third-order valence-corrected chi connectivity index (χ3v) is 4.16. The van der Waals surface area contributed by atoms with Crippen LogP contribution in [0.25, 0.3) is 0 Å². The quantitative estimate of drug-likeness (QED) is 0.797. The molecular weight excluding hydrogens is 274 g/mol.